The summed E-state index contributed by atoms with van der Waals surface area (Å²) in [4.78, 5) is 0. The monoisotopic (exact) mass is 215 g/mol. The van der Waals surface area contributed by atoms with Gasteiger partial charge in [-0.15, -0.1) is 0 Å². The fraction of sp³-hybridized carbons (Fsp3) is 1.00. The predicted octanol–water partition coefficient (Wildman–Crippen LogP) is 3.07. The quantitative estimate of drug-likeness (QED) is 0.659. The summed E-state index contributed by atoms with van der Waals surface area (Å²) in [6, 6.07) is 0.495. The Labute approximate surface area is 95.8 Å². The van der Waals surface area contributed by atoms with Crippen LogP contribution in [0.25, 0.3) is 0 Å². The van der Waals surface area contributed by atoms with Crippen molar-refractivity contribution in [2.24, 2.45) is 11.3 Å². The molecule has 15 heavy (non-hydrogen) atoms. The summed E-state index contributed by atoms with van der Waals surface area (Å²) < 4.78 is 5.72. The molecule has 2 heteroatoms. The number of hydrogen-bond donors (Lipinski definition) is 1. The van der Waals surface area contributed by atoms with Crippen molar-refractivity contribution >= 4 is 0 Å². The van der Waals surface area contributed by atoms with E-state index in [1.54, 1.807) is 0 Å². The molecule has 0 bridgehead atoms. The van der Waals surface area contributed by atoms with E-state index in [0.29, 0.717) is 17.4 Å². The lowest BCUT2D eigenvalue weighted by molar-refractivity contribution is 0.0797. The third-order valence-electron chi connectivity index (χ3n) is 2.56. The van der Waals surface area contributed by atoms with Crippen molar-refractivity contribution in [2.75, 3.05) is 19.8 Å². The lowest BCUT2D eigenvalue weighted by Gasteiger charge is -2.23. The van der Waals surface area contributed by atoms with Crippen molar-refractivity contribution < 1.29 is 4.74 Å². The molecule has 0 saturated carbocycles. The van der Waals surface area contributed by atoms with E-state index >= 15 is 0 Å². The van der Waals surface area contributed by atoms with Crippen LogP contribution in [-0.4, -0.2) is 25.8 Å². The fourth-order valence-corrected chi connectivity index (χ4v) is 1.34. The standard InChI is InChI=1S/C13H29NO/c1-7-14-12(11(2)3)10-15-9-8-13(4,5)6/h11-12,14H,7-10H2,1-6H3. The number of likely N-dealkylation sites (N-methyl/N-ethyl adjacent to an activating group) is 1. The third kappa shape index (κ3) is 8.88. The zero-order valence-electron chi connectivity index (χ0n) is 11.4. The van der Waals surface area contributed by atoms with E-state index in [-0.39, 0.29) is 0 Å². The van der Waals surface area contributed by atoms with Gasteiger partial charge >= 0.3 is 0 Å². The normalized spacial score (nSPS) is 14.6. The van der Waals surface area contributed by atoms with Crippen molar-refractivity contribution in [2.45, 2.75) is 54.0 Å². The maximum Gasteiger partial charge on any atom is 0.0622 e. The zero-order valence-corrected chi connectivity index (χ0v) is 11.4. The Morgan fingerprint density at radius 1 is 1.20 bits per heavy atom. The minimum atomic E-state index is 0.380. The summed E-state index contributed by atoms with van der Waals surface area (Å²) in [6.07, 6.45) is 1.13. The van der Waals surface area contributed by atoms with Gasteiger partial charge in [-0.2, -0.15) is 0 Å². The van der Waals surface area contributed by atoms with Gasteiger partial charge in [-0.3, -0.25) is 0 Å². The van der Waals surface area contributed by atoms with E-state index in [1.807, 2.05) is 0 Å². The van der Waals surface area contributed by atoms with E-state index in [1.165, 1.54) is 0 Å². The van der Waals surface area contributed by atoms with E-state index in [0.717, 1.165) is 26.2 Å². The van der Waals surface area contributed by atoms with Crippen LogP contribution in [0.4, 0.5) is 0 Å². The molecular weight excluding hydrogens is 186 g/mol. The highest BCUT2D eigenvalue weighted by Crippen LogP contribution is 2.18. The zero-order chi connectivity index (χ0) is 11.9. The van der Waals surface area contributed by atoms with Crippen molar-refractivity contribution in [3.05, 3.63) is 0 Å². The molecule has 0 saturated heterocycles. The Morgan fingerprint density at radius 2 is 1.80 bits per heavy atom. The van der Waals surface area contributed by atoms with Gasteiger partial charge < -0.3 is 10.1 Å². The minimum Gasteiger partial charge on any atom is -0.380 e. The summed E-state index contributed by atoms with van der Waals surface area (Å²) >= 11 is 0. The second-order valence-corrected chi connectivity index (χ2v) is 5.79. The molecular formula is C13H29NO. The molecule has 0 radical (unpaired) electrons. The molecule has 0 fully saturated rings. The Bertz CT molecular complexity index is 149. The first-order valence-electron chi connectivity index (χ1n) is 6.18. The molecule has 0 heterocycles. The van der Waals surface area contributed by atoms with Gasteiger partial charge in [-0.25, -0.2) is 0 Å². The van der Waals surface area contributed by atoms with E-state index in [4.69, 9.17) is 4.74 Å². The van der Waals surface area contributed by atoms with Crippen LogP contribution in [0.2, 0.25) is 0 Å². The third-order valence-corrected chi connectivity index (χ3v) is 2.56. The van der Waals surface area contributed by atoms with Crippen molar-refractivity contribution in [1.82, 2.24) is 5.32 Å². The van der Waals surface area contributed by atoms with Crippen LogP contribution in [0.5, 0.6) is 0 Å². The minimum absolute atomic E-state index is 0.380. The molecule has 0 aromatic heterocycles. The Balaban J connectivity index is 3.62. The number of nitrogens with one attached hydrogen (secondary N) is 1. The van der Waals surface area contributed by atoms with Crippen molar-refractivity contribution in [1.29, 1.82) is 0 Å². The van der Waals surface area contributed by atoms with Gasteiger partial charge in [0.15, 0.2) is 0 Å². The highest BCUT2D eigenvalue weighted by atomic mass is 16.5. The van der Waals surface area contributed by atoms with Gasteiger partial charge in [0.05, 0.1) is 6.61 Å². The van der Waals surface area contributed by atoms with E-state index in [9.17, 15) is 0 Å². The number of rotatable bonds is 7. The van der Waals surface area contributed by atoms with Crippen molar-refractivity contribution in [3.8, 4) is 0 Å². The molecule has 0 aliphatic heterocycles. The topological polar surface area (TPSA) is 21.3 Å². The van der Waals surface area contributed by atoms with E-state index in [2.05, 4.69) is 46.9 Å². The SMILES string of the molecule is CCNC(COCCC(C)(C)C)C(C)C. The Kier molecular flexibility index (Phi) is 7.20. The summed E-state index contributed by atoms with van der Waals surface area (Å²) in [5, 5.41) is 3.45. The Hall–Kier alpha value is -0.0800. The largest absolute Gasteiger partial charge is 0.380 e. The van der Waals surface area contributed by atoms with Crippen LogP contribution in [-0.2, 0) is 4.74 Å². The second kappa shape index (κ2) is 7.24. The van der Waals surface area contributed by atoms with Crippen LogP contribution in [0.15, 0.2) is 0 Å². The molecule has 0 aromatic carbocycles. The first kappa shape index (κ1) is 14.9. The first-order valence-corrected chi connectivity index (χ1v) is 6.18. The molecule has 0 rings (SSSR count). The van der Waals surface area contributed by atoms with Gasteiger partial charge in [0.1, 0.15) is 0 Å². The summed E-state index contributed by atoms with van der Waals surface area (Å²) in [7, 11) is 0. The van der Waals surface area contributed by atoms with Crippen LogP contribution < -0.4 is 5.32 Å². The van der Waals surface area contributed by atoms with Gasteiger partial charge in [-0.1, -0.05) is 41.5 Å². The van der Waals surface area contributed by atoms with Crippen LogP contribution >= 0.6 is 0 Å². The molecule has 1 unspecified atom stereocenters. The van der Waals surface area contributed by atoms with Crippen LogP contribution in [0.3, 0.4) is 0 Å². The van der Waals surface area contributed by atoms with Gasteiger partial charge in [0.25, 0.3) is 0 Å². The molecule has 1 atom stereocenters. The number of hydrogen-bond acceptors (Lipinski definition) is 2. The summed E-state index contributed by atoms with van der Waals surface area (Å²) in [5.74, 6) is 0.639. The lowest BCUT2D eigenvalue weighted by atomic mass is 9.93. The lowest BCUT2D eigenvalue weighted by Crippen LogP contribution is -2.38. The number of ether oxygens (including phenoxy) is 1. The molecule has 92 valence electrons. The molecule has 0 amide bonds. The van der Waals surface area contributed by atoms with E-state index < -0.39 is 0 Å². The average Bonchev–Trinajstić information content (AvgIpc) is 2.08. The maximum absolute atomic E-state index is 5.72. The highest BCUT2D eigenvalue weighted by Gasteiger charge is 2.13. The molecule has 0 aromatic rings. The van der Waals surface area contributed by atoms with Crippen LogP contribution in [0.1, 0.15) is 48.0 Å². The van der Waals surface area contributed by atoms with Crippen LogP contribution in [0, 0.1) is 11.3 Å². The summed E-state index contributed by atoms with van der Waals surface area (Å²) in [6.45, 7) is 16.1. The molecule has 2 nitrogen and oxygen atoms in total. The van der Waals surface area contributed by atoms with Gasteiger partial charge in [0.2, 0.25) is 0 Å². The second-order valence-electron chi connectivity index (χ2n) is 5.79. The van der Waals surface area contributed by atoms with Crippen molar-refractivity contribution in [3.63, 3.8) is 0 Å². The first-order chi connectivity index (χ1) is 6.87. The average molecular weight is 215 g/mol. The highest BCUT2D eigenvalue weighted by molar-refractivity contribution is 4.69. The molecule has 0 aliphatic rings. The smallest absolute Gasteiger partial charge is 0.0622 e. The predicted molar refractivity (Wildman–Crippen MR) is 67.2 cm³/mol. The summed E-state index contributed by atoms with van der Waals surface area (Å²) in [5.41, 5.74) is 0.380. The molecule has 0 spiro atoms. The maximum atomic E-state index is 5.72. The van der Waals surface area contributed by atoms with Gasteiger partial charge in [0, 0.05) is 12.6 Å². The Morgan fingerprint density at radius 3 is 2.20 bits per heavy atom. The molecule has 0 aliphatic carbocycles. The fourth-order valence-electron chi connectivity index (χ4n) is 1.34. The van der Waals surface area contributed by atoms with Gasteiger partial charge in [-0.05, 0) is 24.3 Å². The molecule has 1 N–H and O–H groups in total.